The fraction of sp³-hybridized carbons (Fsp3) is 0.545. The van der Waals surface area contributed by atoms with Crippen LogP contribution >= 0.6 is 0 Å². The summed E-state index contributed by atoms with van der Waals surface area (Å²) in [6, 6.07) is 3.79. The summed E-state index contributed by atoms with van der Waals surface area (Å²) in [6.07, 6.45) is 2.25. The van der Waals surface area contributed by atoms with Crippen LogP contribution in [0.3, 0.4) is 0 Å². The van der Waals surface area contributed by atoms with Gasteiger partial charge in [0.2, 0.25) is 0 Å². The number of hydrogen-bond acceptors (Lipinski definition) is 3. The largest absolute Gasteiger partial charge is 0.325 e. The molecule has 1 aliphatic rings. The topological polar surface area (TPSA) is 42.2 Å². The molecule has 4 heteroatoms. The average Bonchev–Trinajstić information content (AvgIpc) is 2.19. The third-order valence-electron chi connectivity index (χ3n) is 2.86. The Bertz CT molecular complexity index is 319. The summed E-state index contributed by atoms with van der Waals surface area (Å²) < 4.78 is 12.7. The van der Waals surface area contributed by atoms with Gasteiger partial charge in [0.1, 0.15) is 5.82 Å². The number of likely N-dealkylation sites (tertiary alicyclic amines) is 1. The standard InChI is InChI=1S/C11H16FN3/c1-2-11(15-6-9(13)7-15)10-4-3-8(12)5-14-10/h3-5,9,11H,2,6-7,13H2,1H3. The van der Waals surface area contributed by atoms with Crippen molar-refractivity contribution in [1.82, 2.24) is 9.88 Å². The van der Waals surface area contributed by atoms with Crippen LogP contribution in [-0.4, -0.2) is 29.0 Å². The number of hydrogen-bond donors (Lipinski definition) is 1. The molecule has 1 aromatic rings. The molecule has 1 aromatic heterocycles. The van der Waals surface area contributed by atoms with Crippen molar-refractivity contribution in [3.63, 3.8) is 0 Å². The van der Waals surface area contributed by atoms with Gasteiger partial charge in [-0.25, -0.2) is 4.39 Å². The Hall–Kier alpha value is -1.00. The van der Waals surface area contributed by atoms with Crippen molar-refractivity contribution < 1.29 is 4.39 Å². The van der Waals surface area contributed by atoms with Gasteiger partial charge in [-0.05, 0) is 18.6 Å². The molecule has 2 rings (SSSR count). The van der Waals surface area contributed by atoms with Gasteiger partial charge in [0.25, 0.3) is 0 Å². The van der Waals surface area contributed by atoms with Crippen LogP contribution in [0.25, 0.3) is 0 Å². The molecule has 1 unspecified atom stereocenters. The van der Waals surface area contributed by atoms with Crippen LogP contribution in [0.5, 0.6) is 0 Å². The Morgan fingerprint density at radius 3 is 2.80 bits per heavy atom. The zero-order valence-electron chi connectivity index (χ0n) is 8.86. The minimum Gasteiger partial charge on any atom is -0.325 e. The lowest BCUT2D eigenvalue weighted by Crippen LogP contribution is -2.56. The van der Waals surface area contributed by atoms with Crippen molar-refractivity contribution in [3.8, 4) is 0 Å². The number of aromatic nitrogens is 1. The summed E-state index contributed by atoms with van der Waals surface area (Å²) in [4.78, 5) is 6.40. The van der Waals surface area contributed by atoms with Crippen LogP contribution in [0.4, 0.5) is 4.39 Å². The molecule has 15 heavy (non-hydrogen) atoms. The van der Waals surface area contributed by atoms with E-state index in [1.807, 2.05) is 0 Å². The number of halogens is 1. The Morgan fingerprint density at radius 1 is 1.60 bits per heavy atom. The predicted molar refractivity (Wildman–Crippen MR) is 56.8 cm³/mol. The highest BCUT2D eigenvalue weighted by Crippen LogP contribution is 2.26. The van der Waals surface area contributed by atoms with Crippen LogP contribution < -0.4 is 5.73 Å². The molecule has 3 nitrogen and oxygen atoms in total. The Labute approximate surface area is 89.1 Å². The van der Waals surface area contributed by atoms with Crippen molar-refractivity contribution in [2.45, 2.75) is 25.4 Å². The van der Waals surface area contributed by atoms with Gasteiger partial charge in [-0.3, -0.25) is 9.88 Å². The average molecular weight is 209 g/mol. The lowest BCUT2D eigenvalue weighted by Gasteiger charge is -2.42. The first kappa shape index (κ1) is 10.5. The predicted octanol–water partition coefficient (Wildman–Crippen LogP) is 1.31. The summed E-state index contributed by atoms with van der Waals surface area (Å²) in [5.41, 5.74) is 6.68. The van der Waals surface area contributed by atoms with Gasteiger partial charge in [-0.2, -0.15) is 0 Å². The fourth-order valence-corrected chi connectivity index (χ4v) is 2.04. The Kier molecular flexibility index (Phi) is 2.98. The van der Waals surface area contributed by atoms with Crippen LogP contribution in [0, 0.1) is 5.82 Å². The first-order valence-electron chi connectivity index (χ1n) is 5.31. The molecule has 1 fully saturated rings. The van der Waals surface area contributed by atoms with E-state index < -0.39 is 0 Å². The highest BCUT2D eigenvalue weighted by Gasteiger charge is 2.30. The number of nitrogens with zero attached hydrogens (tertiary/aromatic N) is 2. The van der Waals surface area contributed by atoms with Crippen molar-refractivity contribution in [3.05, 3.63) is 29.8 Å². The number of rotatable bonds is 3. The molecule has 0 saturated carbocycles. The lowest BCUT2D eigenvalue weighted by molar-refractivity contribution is 0.0887. The monoisotopic (exact) mass is 209 g/mol. The van der Waals surface area contributed by atoms with E-state index in [0.717, 1.165) is 25.2 Å². The minimum atomic E-state index is -0.283. The normalized spacial score (nSPS) is 19.9. The second kappa shape index (κ2) is 4.24. The van der Waals surface area contributed by atoms with Crippen LogP contribution in [0.1, 0.15) is 25.1 Å². The summed E-state index contributed by atoms with van der Waals surface area (Å²) in [6.45, 7) is 3.94. The molecule has 0 aliphatic carbocycles. The van der Waals surface area contributed by atoms with E-state index in [9.17, 15) is 4.39 Å². The maximum atomic E-state index is 12.7. The van der Waals surface area contributed by atoms with E-state index in [1.165, 1.54) is 12.3 Å². The van der Waals surface area contributed by atoms with Crippen molar-refractivity contribution in [1.29, 1.82) is 0 Å². The molecule has 2 N–H and O–H groups in total. The second-order valence-corrected chi connectivity index (χ2v) is 4.04. The van der Waals surface area contributed by atoms with Gasteiger partial charge in [-0.15, -0.1) is 0 Å². The van der Waals surface area contributed by atoms with E-state index in [2.05, 4.69) is 16.8 Å². The molecule has 1 atom stereocenters. The summed E-state index contributed by atoms with van der Waals surface area (Å²) in [5.74, 6) is -0.283. The first-order chi connectivity index (χ1) is 7.20. The smallest absolute Gasteiger partial charge is 0.141 e. The van der Waals surface area contributed by atoms with Gasteiger partial charge in [0, 0.05) is 19.1 Å². The van der Waals surface area contributed by atoms with E-state index in [1.54, 1.807) is 6.07 Å². The van der Waals surface area contributed by atoms with E-state index >= 15 is 0 Å². The van der Waals surface area contributed by atoms with Crippen LogP contribution in [0.15, 0.2) is 18.3 Å². The second-order valence-electron chi connectivity index (χ2n) is 4.04. The highest BCUT2D eigenvalue weighted by molar-refractivity contribution is 5.11. The maximum Gasteiger partial charge on any atom is 0.141 e. The van der Waals surface area contributed by atoms with Gasteiger partial charge in [0.15, 0.2) is 0 Å². The van der Waals surface area contributed by atoms with Crippen molar-refractivity contribution in [2.75, 3.05) is 13.1 Å². The van der Waals surface area contributed by atoms with E-state index in [0.29, 0.717) is 6.04 Å². The Morgan fingerprint density at radius 2 is 2.33 bits per heavy atom. The van der Waals surface area contributed by atoms with Crippen LogP contribution in [0.2, 0.25) is 0 Å². The summed E-state index contributed by atoms with van der Waals surface area (Å²) in [7, 11) is 0. The third-order valence-corrected chi connectivity index (χ3v) is 2.86. The maximum absolute atomic E-state index is 12.7. The molecule has 1 aliphatic heterocycles. The van der Waals surface area contributed by atoms with Gasteiger partial charge < -0.3 is 5.73 Å². The fourth-order valence-electron chi connectivity index (χ4n) is 2.04. The van der Waals surface area contributed by atoms with Gasteiger partial charge in [0.05, 0.1) is 17.9 Å². The van der Waals surface area contributed by atoms with E-state index in [4.69, 9.17) is 5.73 Å². The van der Waals surface area contributed by atoms with Gasteiger partial charge >= 0.3 is 0 Å². The van der Waals surface area contributed by atoms with Crippen molar-refractivity contribution >= 4 is 0 Å². The molecular formula is C11H16FN3. The molecule has 0 amide bonds. The number of nitrogens with two attached hydrogens (primary N) is 1. The molecule has 2 heterocycles. The lowest BCUT2D eigenvalue weighted by atomic mass is 10.0. The molecule has 0 radical (unpaired) electrons. The molecule has 0 bridgehead atoms. The summed E-state index contributed by atoms with van der Waals surface area (Å²) in [5, 5.41) is 0. The molecular weight excluding hydrogens is 193 g/mol. The third kappa shape index (κ3) is 2.16. The summed E-state index contributed by atoms with van der Waals surface area (Å²) >= 11 is 0. The molecule has 82 valence electrons. The number of pyridine rings is 1. The molecule has 0 aromatic carbocycles. The minimum absolute atomic E-state index is 0.283. The van der Waals surface area contributed by atoms with Crippen LogP contribution in [-0.2, 0) is 0 Å². The quantitative estimate of drug-likeness (QED) is 0.816. The highest BCUT2D eigenvalue weighted by atomic mass is 19.1. The van der Waals surface area contributed by atoms with Crippen molar-refractivity contribution in [2.24, 2.45) is 5.73 Å². The first-order valence-corrected chi connectivity index (χ1v) is 5.31. The zero-order valence-corrected chi connectivity index (χ0v) is 8.86. The Balaban J connectivity index is 2.09. The molecule has 0 spiro atoms. The SMILES string of the molecule is CCC(c1ccc(F)cn1)N1CC(N)C1. The molecule has 1 saturated heterocycles. The van der Waals surface area contributed by atoms with E-state index in [-0.39, 0.29) is 11.9 Å². The van der Waals surface area contributed by atoms with Gasteiger partial charge in [-0.1, -0.05) is 6.92 Å². The zero-order chi connectivity index (χ0) is 10.8.